The minimum absolute atomic E-state index is 0.150. The summed E-state index contributed by atoms with van der Waals surface area (Å²) < 4.78 is 12.9. The van der Waals surface area contributed by atoms with Gasteiger partial charge in [0, 0.05) is 44.3 Å². The Labute approximate surface area is 170 Å². The zero-order valence-corrected chi connectivity index (χ0v) is 16.4. The second kappa shape index (κ2) is 10.6. The third-order valence-corrected chi connectivity index (χ3v) is 4.89. The number of likely N-dealkylation sites (tertiary alicyclic amines) is 1. The van der Waals surface area contributed by atoms with Crippen LogP contribution < -0.4 is 16.0 Å². The molecule has 0 spiro atoms. The molecule has 0 saturated carbocycles. The normalized spacial score (nSPS) is 16.4. The third kappa shape index (κ3) is 6.87. The van der Waals surface area contributed by atoms with Crippen LogP contribution in [0.5, 0.6) is 0 Å². The number of rotatable bonds is 8. The van der Waals surface area contributed by atoms with Crippen LogP contribution in [0, 0.1) is 5.82 Å². The van der Waals surface area contributed by atoms with Gasteiger partial charge in [-0.15, -0.1) is 0 Å². The Bertz CT molecular complexity index is 798. The maximum atomic E-state index is 12.9. The molecular weight excluding hydrogens is 371 g/mol. The van der Waals surface area contributed by atoms with Crippen molar-refractivity contribution in [1.29, 1.82) is 0 Å². The molecule has 29 heavy (non-hydrogen) atoms. The van der Waals surface area contributed by atoms with Crippen LogP contribution in [-0.2, 0) is 6.54 Å². The zero-order chi connectivity index (χ0) is 20.5. The summed E-state index contributed by atoms with van der Waals surface area (Å²) in [5.74, 6) is -0.624. The molecule has 2 aromatic carbocycles. The van der Waals surface area contributed by atoms with E-state index in [-0.39, 0.29) is 23.8 Å². The summed E-state index contributed by atoms with van der Waals surface area (Å²) >= 11 is 0. The lowest BCUT2D eigenvalue weighted by Gasteiger charge is -2.17. The van der Waals surface area contributed by atoms with Crippen molar-refractivity contribution in [2.75, 3.05) is 26.2 Å². The molecular formula is C22H27FN4O2. The Morgan fingerprint density at radius 3 is 2.48 bits per heavy atom. The van der Waals surface area contributed by atoms with Gasteiger partial charge in [-0.05, 0) is 42.7 Å². The van der Waals surface area contributed by atoms with Crippen LogP contribution in [0.15, 0.2) is 54.6 Å². The van der Waals surface area contributed by atoms with Gasteiger partial charge < -0.3 is 16.0 Å². The summed E-state index contributed by atoms with van der Waals surface area (Å²) in [6.45, 7) is 3.61. The highest BCUT2D eigenvalue weighted by Gasteiger charge is 2.23. The number of nitrogens with zero attached hydrogens (tertiary/aromatic N) is 1. The summed E-state index contributed by atoms with van der Waals surface area (Å²) in [5, 5.41) is 8.59. The van der Waals surface area contributed by atoms with Crippen LogP contribution >= 0.6 is 0 Å². The van der Waals surface area contributed by atoms with Crippen LogP contribution in [0.2, 0.25) is 0 Å². The number of carbonyl (C=O) groups excluding carboxylic acids is 2. The molecule has 7 heteroatoms. The molecule has 3 N–H and O–H groups in total. The first-order chi connectivity index (χ1) is 14.1. The van der Waals surface area contributed by atoms with Crippen molar-refractivity contribution < 1.29 is 14.0 Å². The Morgan fingerprint density at radius 1 is 1.00 bits per heavy atom. The molecule has 1 heterocycles. The van der Waals surface area contributed by atoms with Gasteiger partial charge in [0.1, 0.15) is 5.82 Å². The minimum Gasteiger partial charge on any atom is -0.352 e. The van der Waals surface area contributed by atoms with Crippen molar-refractivity contribution in [3.8, 4) is 0 Å². The fourth-order valence-corrected chi connectivity index (χ4v) is 3.37. The molecule has 0 radical (unpaired) electrons. The van der Waals surface area contributed by atoms with Crippen molar-refractivity contribution in [1.82, 2.24) is 20.9 Å². The second-order valence-electron chi connectivity index (χ2n) is 7.22. The van der Waals surface area contributed by atoms with Crippen molar-refractivity contribution >= 4 is 11.9 Å². The number of urea groups is 1. The van der Waals surface area contributed by atoms with Gasteiger partial charge in [-0.3, -0.25) is 9.69 Å². The molecule has 1 aliphatic rings. The summed E-state index contributed by atoms with van der Waals surface area (Å²) in [5.41, 5.74) is 1.69. The van der Waals surface area contributed by atoms with Gasteiger partial charge in [0.25, 0.3) is 5.91 Å². The van der Waals surface area contributed by atoms with Crippen molar-refractivity contribution in [2.24, 2.45) is 0 Å². The summed E-state index contributed by atoms with van der Waals surface area (Å²) in [6.07, 6.45) is 1.55. The number of hydrogen-bond donors (Lipinski definition) is 3. The highest BCUT2D eigenvalue weighted by Crippen LogP contribution is 2.13. The molecule has 3 rings (SSSR count). The summed E-state index contributed by atoms with van der Waals surface area (Å²) in [6, 6.07) is 15.7. The van der Waals surface area contributed by atoms with Gasteiger partial charge in [0.05, 0.1) is 0 Å². The van der Waals surface area contributed by atoms with Crippen LogP contribution in [0.4, 0.5) is 9.18 Å². The van der Waals surface area contributed by atoms with E-state index in [1.807, 2.05) is 18.2 Å². The maximum Gasteiger partial charge on any atom is 0.315 e. The Hall–Kier alpha value is -2.93. The van der Waals surface area contributed by atoms with E-state index in [0.717, 1.165) is 26.1 Å². The molecule has 2 aromatic rings. The van der Waals surface area contributed by atoms with Gasteiger partial charge >= 0.3 is 6.03 Å². The largest absolute Gasteiger partial charge is 0.352 e. The van der Waals surface area contributed by atoms with Crippen LogP contribution in [0.1, 0.15) is 28.8 Å². The lowest BCUT2D eigenvalue weighted by atomic mass is 10.2. The summed E-state index contributed by atoms with van der Waals surface area (Å²) in [7, 11) is 0. The quantitative estimate of drug-likeness (QED) is 0.599. The fraction of sp³-hybridized carbons (Fsp3) is 0.364. The van der Waals surface area contributed by atoms with E-state index in [0.29, 0.717) is 25.1 Å². The van der Waals surface area contributed by atoms with Crippen molar-refractivity contribution in [3.05, 3.63) is 71.5 Å². The predicted octanol–water partition coefficient (Wildman–Crippen LogP) is 2.52. The van der Waals surface area contributed by atoms with Gasteiger partial charge in [0.15, 0.2) is 0 Å². The standard InChI is InChI=1S/C22H27FN4O2/c23-19-9-7-18(8-10-19)21(28)24-12-4-13-25-22(29)26-20-11-14-27(16-20)15-17-5-2-1-3-6-17/h1-3,5-10,20H,4,11-16H2,(H,24,28)(H2,25,26,29). The van der Waals surface area contributed by atoms with Crippen molar-refractivity contribution in [2.45, 2.75) is 25.4 Å². The minimum atomic E-state index is -0.373. The summed E-state index contributed by atoms with van der Waals surface area (Å²) in [4.78, 5) is 26.3. The van der Waals surface area contributed by atoms with E-state index in [4.69, 9.17) is 0 Å². The molecule has 1 saturated heterocycles. The van der Waals surface area contributed by atoms with Gasteiger partial charge in [-0.2, -0.15) is 0 Å². The Kier molecular flexibility index (Phi) is 7.58. The average molecular weight is 398 g/mol. The van der Waals surface area contributed by atoms with Gasteiger partial charge in [-0.1, -0.05) is 30.3 Å². The van der Waals surface area contributed by atoms with Crippen LogP contribution in [0.3, 0.4) is 0 Å². The number of hydrogen-bond acceptors (Lipinski definition) is 3. The van der Waals surface area contributed by atoms with E-state index in [1.54, 1.807) is 0 Å². The molecule has 0 aromatic heterocycles. The fourth-order valence-electron chi connectivity index (χ4n) is 3.37. The van der Waals surface area contributed by atoms with Crippen LogP contribution in [0.25, 0.3) is 0 Å². The first kappa shape index (κ1) is 20.8. The zero-order valence-electron chi connectivity index (χ0n) is 16.4. The molecule has 154 valence electrons. The van der Waals surface area contributed by atoms with E-state index in [1.165, 1.54) is 29.8 Å². The second-order valence-corrected chi connectivity index (χ2v) is 7.22. The SMILES string of the molecule is O=C(NCCCNC(=O)c1ccc(F)cc1)NC1CCN(Cc2ccccc2)C1. The number of benzene rings is 2. The lowest BCUT2D eigenvalue weighted by molar-refractivity contribution is 0.0953. The first-order valence-corrected chi connectivity index (χ1v) is 9.94. The average Bonchev–Trinajstić information content (AvgIpc) is 3.15. The molecule has 1 unspecified atom stereocenters. The molecule has 1 aliphatic heterocycles. The smallest absolute Gasteiger partial charge is 0.315 e. The van der Waals surface area contributed by atoms with E-state index < -0.39 is 0 Å². The van der Waals surface area contributed by atoms with Crippen molar-refractivity contribution in [3.63, 3.8) is 0 Å². The topological polar surface area (TPSA) is 73.5 Å². The first-order valence-electron chi connectivity index (χ1n) is 9.94. The predicted molar refractivity (Wildman–Crippen MR) is 110 cm³/mol. The highest BCUT2D eigenvalue weighted by molar-refractivity contribution is 5.94. The Balaban J connectivity index is 1.26. The maximum absolute atomic E-state index is 12.9. The molecule has 3 amide bonds. The van der Waals surface area contributed by atoms with E-state index >= 15 is 0 Å². The van der Waals surface area contributed by atoms with Gasteiger partial charge in [-0.25, -0.2) is 9.18 Å². The molecule has 1 fully saturated rings. The Morgan fingerprint density at radius 2 is 1.72 bits per heavy atom. The molecule has 0 aliphatic carbocycles. The number of nitrogens with one attached hydrogen (secondary N) is 3. The number of halogens is 1. The van der Waals surface area contributed by atoms with Crippen LogP contribution in [-0.4, -0.2) is 49.1 Å². The third-order valence-electron chi connectivity index (χ3n) is 4.89. The molecule has 6 nitrogen and oxygen atoms in total. The highest BCUT2D eigenvalue weighted by atomic mass is 19.1. The monoisotopic (exact) mass is 398 g/mol. The number of carbonyl (C=O) groups is 2. The van der Waals surface area contributed by atoms with E-state index in [2.05, 4.69) is 33.0 Å². The molecule has 0 bridgehead atoms. The molecule has 1 atom stereocenters. The number of amides is 3. The van der Waals surface area contributed by atoms with Gasteiger partial charge in [0.2, 0.25) is 0 Å². The van der Waals surface area contributed by atoms with E-state index in [9.17, 15) is 14.0 Å². The lowest BCUT2D eigenvalue weighted by Crippen LogP contribution is -2.44.